The molecule has 5 nitrogen and oxygen atoms in total. The van der Waals surface area contributed by atoms with E-state index in [0.717, 1.165) is 30.5 Å². The Kier molecular flexibility index (Phi) is 5.47. The van der Waals surface area contributed by atoms with E-state index >= 15 is 0 Å². The second-order valence-corrected chi connectivity index (χ2v) is 6.90. The van der Waals surface area contributed by atoms with Crippen LogP contribution in [0.15, 0.2) is 53.1 Å². The molecule has 1 heterocycles. The molecule has 0 fully saturated rings. The number of alkyl halides is 3. The topological polar surface area (TPSA) is 88.0 Å². The molecule has 0 atom stereocenters. The molecule has 0 unspecified atom stereocenters. The van der Waals surface area contributed by atoms with Gasteiger partial charge in [0.25, 0.3) is 5.91 Å². The first-order valence-electron chi connectivity index (χ1n) is 8.03. The number of hydrogen-bond acceptors (Lipinski definition) is 3. The number of H-pyrrole nitrogens is 1. The maximum atomic E-state index is 14.0. The molecule has 0 aliphatic rings. The molecule has 0 spiro atoms. The normalized spacial score (nSPS) is 11.3. The van der Waals surface area contributed by atoms with Crippen LogP contribution in [0.3, 0.4) is 0 Å². The van der Waals surface area contributed by atoms with Gasteiger partial charge < -0.3 is 16.0 Å². The number of aromatic nitrogens is 1. The van der Waals surface area contributed by atoms with Gasteiger partial charge in [0.1, 0.15) is 17.2 Å². The van der Waals surface area contributed by atoms with E-state index in [2.05, 4.69) is 26.2 Å². The summed E-state index contributed by atoms with van der Waals surface area (Å²) >= 11 is 3.06. The van der Waals surface area contributed by atoms with Crippen molar-refractivity contribution in [3.8, 4) is 0 Å². The van der Waals surface area contributed by atoms with Crippen LogP contribution in [0.2, 0.25) is 0 Å². The van der Waals surface area contributed by atoms with E-state index in [-0.39, 0.29) is 22.6 Å². The van der Waals surface area contributed by atoms with Gasteiger partial charge in [-0.1, -0.05) is 34.1 Å². The summed E-state index contributed by atoms with van der Waals surface area (Å²) in [6.45, 7) is 0. The number of nitrogens with two attached hydrogens (primary N) is 1. The summed E-state index contributed by atoms with van der Waals surface area (Å²) in [5.41, 5.74) is 3.45. The standard InChI is InChI=1S/C19H12BrF4N3O2/c20-10-6-13(21)16(14(25)7-10)27-18(29)15-5-9(8-26-15)17(28)11-3-1-2-4-12(11)19(22,23)24/h1-8,26H,25H2,(H,27,29). The molecule has 3 rings (SSSR count). The van der Waals surface area contributed by atoms with E-state index in [9.17, 15) is 27.2 Å². The molecular weight excluding hydrogens is 458 g/mol. The number of rotatable bonds is 4. The van der Waals surface area contributed by atoms with Gasteiger partial charge in [0.05, 0.1) is 11.3 Å². The molecule has 3 aromatic rings. The summed E-state index contributed by atoms with van der Waals surface area (Å²) in [6, 6.07) is 7.90. The average Bonchev–Trinajstić information content (AvgIpc) is 3.13. The number of anilines is 2. The molecule has 29 heavy (non-hydrogen) atoms. The Bertz CT molecular complexity index is 1090. The molecule has 0 radical (unpaired) electrons. The lowest BCUT2D eigenvalue weighted by atomic mass is 9.99. The summed E-state index contributed by atoms with van der Waals surface area (Å²) in [5, 5.41) is 2.27. The van der Waals surface area contributed by atoms with E-state index in [4.69, 9.17) is 5.73 Å². The highest BCUT2D eigenvalue weighted by molar-refractivity contribution is 9.10. The zero-order valence-corrected chi connectivity index (χ0v) is 16.0. The summed E-state index contributed by atoms with van der Waals surface area (Å²) in [6.07, 6.45) is -3.61. The van der Waals surface area contributed by atoms with E-state index in [1.807, 2.05) is 0 Å². The van der Waals surface area contributed by atoms with Gasteiger partial charge in [0, 0.05) is 21.8 Å². The predicted octanol–water partition coefficient (Wildman–Crippen LogP) is 5.00. The summed E-state index contributed by atoms with van der Waals surface area (Å²) in [7, 11) is 0. The monoisotopic (exact) mass is 469 g/mol. The number of carbonyl (C=O) groups excluding carboxylic acids is 2. The molecule has 1 amide bonds. The lowest BCUT2D eigenvalue weighted by Gasteiger charge is -2.11. The molecule has 150 valence electrons. The molecule has 0 aliphatic carbocycles. The molecule has 0 saturated heterocycles. The number of amides is 1. The highest BCUT2D eigenvalue weighted by Gasteiger charge is 2.35. The third-order valence-corrected chi connectivity index (χ3v) is 4.45. The van der Waals surface area contributed by atoms with Crippen LogP contribution in [-0.4, -0.2) is 16.7 Å². The van der Waals surface area contributed by atoms with Gasteiger partial charge in [0.15, 0.2) is 5.78 Å². The molecule has 10 heteroatoms. The largest absolute Gasteiger partial charge is 0.417 e. The Labute approximate surface area is 170 Å². The molecule has 1 aromatic heterocycles. The number of aromatic amines is 1. The van der Waals surface area contributed by atoms with Gasteiger partial charge in [-0.2, -0.15) is 13.2 Å². The van der Waals surface area contributed by atoms with Crippen molar-refractivity contribution in [2.24, 2.45) is 0 Å². The van der Waals surface area contributed by atoms with E-state index in [1.165, 1.54) is 18.2 Å². The Morgan fingerprint density at radius 1 is 1.10 bits per heavy atom. The van der Waals surface area contributed by atoms with Crippen LogP contribution in [0.25, 0.3) is 0 Å². The summed E-state index contributed by atoms with van der Waals surface area (Å²) in [5.74, 6) is -2.52. The highest BCUT2D eigenvalue weighted by atomic mass is 79.9. The highest BCUT2D eigenvalue weighted by Crippen LogP contribution is 2.33. The van der Waals surface area contributed by atoms with Crippen molar-refractivity contribution in [1.29, 1.82) is 0 Å². The fourth-order valence-electron chi connectivity index (χ4n) is 2.65. The second-order valence-electron chi connectivity index (χ2n) is 5.98. The van der Waals surface area contributed by atoms with Gasteiger partial charge in [0.2, 0.25) is 0 Å². The van der Waals surface area contributed by atoms with Gasteiger partial charge in [-0.15, -0.1) is 0 Å². The first kappa shape index (κ1) is 20.6. The van der Waals surface area contributed by atoms with Crippen LogP contribution in [0, 0.1) is 5.82 Å². The van der Waals surface area contributed by atoms with Crippen LogP contribution in [0.1, 0.15) is 32.0 Å². The fourth-order valence-corrected chi connectivity index (χ4v) is 3.09. The first-order chi connectivity index (χ1) is 13.6. The SMILES string of the molecule is Nc1cc(Br)cc(F)c1NC(=O)c1cc(C(=O)c2ccccc2C(F)(F)F)c[nH]1. The second kappa shape index (κ2) is 7.70. The molecule has 0 bridgehead atoms. The van der Waals surface area contributed by atoms with Crippen molar-refractivity contribution in [3.05, 3.63) is 81.3 Å². The van der Waals surface area contributed by atoms with E-state index < -0.39 is 34.8 Å². The van der Waals surface area contributed by atoms with Crippen molar-refractivity contribution in [1.82, 2.24) is 4.98 Å². The maximum Gasteiger partial charge on any atom is 0.417 e. The van der Waals surface area contributed by atoms with Crippen molar-refractivity contribution >= 4 is 39.0 Å². The zero-order chi connectivity index (χ0) is 21.3. The fraction of sp³-hybridized carbons (Fsp3) is 0.0526. The third kappa shape index (κ3) is 4.32. The number of hydrogen-bond donors (Lipinski definition) is 3. The van der Waals surface area contributed by atoms with Crippen LogP contribution in [0.5, 0.6) is 0 Å². The maximum absolute atomic E-state index is 14.0. The summed E-state index contributed by atoms with van der Waals surface area (Å²) in [4.78, 5) is 27.3. The Morgan fingerprint density at radius 2 is 1.79 bits per heavy atom. The number of halogens is 5. The Morgan fingerprint density at radius 3 is 2.45 bits per heavy atom. The van der Waals surface area contributed by atoms with Crippen molar-refractivity contribution in [2.45, 2.75) is 6.18 Å². The molecule has 0 aliphatic heterocycles. The van der Waals surface area contributed by atoms with Crippen LogP contribution >= 0.6 is 15.9 Å². The molecular formula is C19H12BrF4N3O2. The van der Waals surface area contributed by atoms with Crippen molar-refractivity contribution < 1.29 is 27.2 Å². The number of benzene rings is 2. The smallest absolute Gasteiger partial charge is 0.397 e. The van der Waals surface area contributed by atoms with Gasteiger partial charge in [-0.25, -0.2) is 4.39 Å². The quantitative estimate of drug-likeness (QED) is 0.285. The van der Waals surface area contributed by atoms with Gasteiger partial charge in [-0.05, 0) is 24.3 Å². The molecule has 2 aromatic carbocycles. The van der Waals surface area contributed by atoms with Crippen molar-refractivity contribution in [2.75, 3.05) is 11.1 Å². The van der Waals surface area contributed by atoms with E-state index in [1.54, 1.807) is 0 Å². The number of nitrogen functional groups attached to an aromatic ring is 1. The average molecular weight is 470 g/mol. The number of carbonyl (C=O) groups is 2. The zero-order valence-electron chi connectivity index (χ0n) is 14.4. The minimum atomic E-state index is -4.71. The number of nitrogens with one attached hydrogen (secondary N) is 2. The lowest BCUT2D eigenvalue weighted by Crippen LogP contribution is -2.15. The molecule has 4 N–H and O–H groups in total. The van der Waals surface area contributed by atoms with Gasteiger partial charge in [-0.3, -0.25) is 9.59 Å². The van der Waals surface area contributed by atoms with Crippen LogP contribution in [-0.2, 0) is 6.18 Å². The van der Waals surface area contributed by atoms with Gasteiger partial charge >= 0.3 is 6.18 Å². The third-order valence-electron chi connectivity index (χ3n) is 3.99. The minimum absolute atomic E-state index is 0.0350. The molecule has 0 saturated carbocycles. The van der Waals surface area contributed by atoms with Crippen LogP contribution < -0.4 is 11.1 Å². The summed E-state index contributed by atoms with van der Waals surface area (Å²) < 4.78 is 53.8. The van der Waals surface area contributed by atoms with Crippen molar-refractivity contribution in [3.63, 3.8) is 0 Å². The Balaban J connectivity index is 1.87. The van der Waals surface area contributed by atoms with Crippen LogP contribution in [0.4, 0.5) is 28.9 Å². The first-order valence-corrected chi connectivity index (χ1v) is 8.82. The minimum Gasteiger partial charge on any atom is -0.397 e. The lowest BCUT2D eigenvalue weighted by molar-refractivity contribution is -0.137. The Hall–Kier alpha value is -3.14. The predicted molar refractivity (Wildman–Crippen MR) is 102 cm³/mol. The number of ketones is 1. The van der Waals surface area contributed by atoms with E-state index in [0.29, 0.717) is 4.47 Å².